The molecule has 0 unspecified atom stereocenters. The zero-order valence-electron chi connectivity index (χ0n) is 11.4. The number of aromatic nitrogens is 1. The van der Waals surface area contributed by atoms with E-state index in [2.05, 4.69) is 41.1 Å². The van der Waals surface area contributed by atoms with Crippen LogP contribution in [0.5, 0.6) is 11.5 Å². The first-order valence-corrected chi connectivity index (χ1v) is 7.07. The second kappa shape index (κ2) is 4.50. The highest BCUT2D eigenvalue weighted by Gasteiger charge is 2.23. The summed E-state index contributed by atoms with van der Waals surface area (Å²) < 4.78 is 13.4. The fourth-order valence-corrected chi connectivity index (χ4v) is 3.50. The molecule has 3 heterocycles. The second-order valence-electron chi connectivity index (χ2n) is 5.53. The first-order valence-electron chi connectivity index (χ1n) is 7.07. The maximum absolute atomic E-state index is 5.53. The molecule has 0 atom stereocenters. The highest BCUT2D eigenvalue weighted by Crippen LogP contribution is 2.38. The molecule has 21 heavy (non-hydrogen) atoms. The van der Waals surface area contributed by atoms with Crippen LogP contribution in [0, 0.1) is 0 Å². The zero-order valence-corrected chi connectivity index (χ0v) is 12.2. The number of ether oxygens (including phenoxy) is 2. The Morgan fingerprint density at radius 2 is 1.86 bits per heavy atom. The van der Waals surface area contributed by atoms with Gasteiger partial charge < -0.3 is 21.9 Å². The number of aryl methyl sites for hydroxylation is 2. The molecule has 0 bridgehead atoms. The van der Waals surface area contributed by atoms with Crippen LogP contribution in [0.4, 0.5) is 0 Å². The van der Waals surface area contributed by atoms with Crippen LogP contribution in [0.1, 0.15) is 12.0 Å². The van der Waals surface area contributed by atoms with Gasteiger partial charge in [0.25, 0.3) is 0 Å². The van der Waals surface area contributed by atoms with E-state index in [0.717, 1.165) is 18.0 Å². The second-order valence-corrected chi connectivity index (χ2v) is 5.53. The summed E-state index contributed by atoms with van der Waals surface area (Å²) >= 11 is 0. The average Bonchev–Trinajstić information content (AvgIpc) is 2.93. The minimum atomic E-state index is 0. The normalized spacial score (nSPS) is 15.2. The van der Waals surface area contributed by atoms with Crippen LogP contribution < -0.4 is 26.4 Å². The van der Waals surface area contributed by atoms with Gasteiger partial charge in [-0.25, -0.2) is 0 Å². The van der Waals surface area contributed by atoms with Crippen molar-refractivity contribution in [3.05, 3.63) is 42.1 Å². The standard InChI is InChI=1S/C17H14NO2.ClH/c1-3-11-4-2-6-18-9-12-7-15-16(20-10-19-15)8-14(12)13(5-1)17(11)18;/h1,3,5,7-9H,2,4,6,10H2;1H/q+1;/p-1. The van der Waals surface area contributed by atoms with Gasteiger partial charge in [-0.15, -0.1) is 0 Å². The van der Waals surface area contributed by atoms with E-state index >= 15 is 0 Å². The molecule has 0 amide bonds. The van der Waals surface area contributed by atoms with Gasteiger partial charge in [0.15, 0.2) is 17.7 Å². The van der Waals surface area contributed by atoms with Crippen molar-refractivity contribution in [3.63, 3.8) is 0 Å². The van der Waals surface area contributed by atoms with Gasteiger partial charge in [0.1, 0.15) is 6.54 Å². The van der Waals surface area contributed by atoms with Gasteiger partial charge in [0, 0.05) is 17.4 Å². The molecule has 0 saturated carbocycles. The van der Waals surface area contributed by atoms with Gasteiger partial charge in [-0.3, -0.25) is 0 Å². The van der Waals surface area contributed by atoms with E-state index in [-0.39, 0.29) is 12.4 Å². The smallest absolute Gasteiger partial charge is 0.231 e. The van der Waals surface area contributed by atoms with Gasteiger partial charge in [0.2, 0.25) is 12.3 Å². The van der Waals surface area contributed by atoms with Gasteiger partial charge in [-0.1, -0.05) is 12.1 Å². The van der Waals surface area contributed by atoms with Crippen molar-refractivity contribution in [1.29, 1.82) is 0 Å². The van der Waals surface area contributed by atoms with E-state index in [1.54, 1.807) is 0 Å². The summed E-state index contributed by atoms with van der Waals surface area (Å²) in [6, 6.07) is 10.8. The van der Waals surface area contributed by atoms with Crippen LogP contribution in [-0.4, -0.2) is 6.79 Å². The summed E-state index contributed by atoms with van der Waals surface area (Å²) in [6.07, 6.45) is 4.64. The maximum atomic E-state index is 5.53. The van der Waals surface area contributed by atoms with E-state index in [4.69, 9.17) is 9.47 Å². The lowest BCUT2D eigenvalue weighted by Crippen LogP contribution is -3.00. The number of fused-ring (bicyclic) bond motifs is 3. The van der Waals surface area contributed by atoms with Crippen molar-refractivity contribution in [2.75, 3.05) is 6.79 Å². The van der Waals surface area contributed by atoms with Crippen LogP contribution in [0.15, 0.2) is 36.5 Å². The Hall–Kier alpha value is -2.00. The highest BCUT2D eigenvalue weighted by atomic mass is 35.5. The van der Waals surface area contributed by atoms with Crippen molar-refractivity contribution >= 4 is 21.7 Å². The predicted molar refractivity (Wildman–Crippen MR) is 76.1 cm³/mol. The van der Waals surface area contributed by atoms with Crippen molar-refractivity contribution in [3.8, 4) is 11.5 Å². The number of nitrogens with zero attached hydrogens (tertiary/aromatic N) is 1. The molecule has 0 spiro atoms. The lowest BCUT2D eigenvalue weighted by Gasteiger charge is -2.13. The molecular weight excluding hydrogens is 286 g/mol. The van der Waals surface area contributed by atoms with E-state index in [9.17, 15) is 0 Å². The Labute approximate surface area is 128 Å². The Morgan fingerprint density at radius 1 is 1.00 bits per heavy atom. The first-order chi connectivity index (χ1) is 9.90. The molecule has 4 heteroatoms. The largest absolute Gasteiger partial charge is 1.00 e. The van der Waals surface area contributed by atoms with Crippen molar-refractivity contribution in [2.45, 2.75) is 19.4 Å². The van der Waals surface area contributed by atoms with Crippen LogP contribution in [0.2, 0.25) is 0 Å². The fourth-order valence-electron chi connectivity index (χ4n) is 3.50. The van der Waals surface area contributed by atoms with E-state index < -0.39 is 0 Å². The zero-order chi connectivity index (χ0) is 13.1. The number of pyridine rings is 1. The summed E-state index contributed by atoms with van der Waals surface area (Å²) in [5.74, 6) is 1.72. The van der Waals surface area contributed by atoms with Gasteiger partial charge in [-0.2, -0.15) is 4.57 Å². The molecule has 0 aliphatic carbocycles. The molecule has 0 saturated heterocycles. The topological polar surface area (TPSA) is 22.3 Å². The van der Waals surface area contributed by atoms with Crippen LogP contribution in [0.25, 0.3) is 21.7 Å². The summed E-state index contributed by atoms with van der Waals surface area (Å²) in [4.78, 5) is 0. The fraction of sp³-hybridized carbons (Fsp3) is 0.235. The van der Waals surface area contributed by atoms with E-state index in [0.29, 0.717) is 6.79 Å². The molecule has 0 fully saturated rings. The Balaban J connectivity index is 0.00000115. The SMILES string of the molecule is [Cl-].c1cc2c3c(c1)c1cc4c(cc1c[n+]3CCC2)OCO4. The lowest BCUT2D eigenvalue weighted by molar-refractivity contribution is -0.673. The highest BCUT2D eigenvalue weighted by molar-refractivity contribution is 6.06. The third-order valence-corrected chi connectivity index (χ3v) is 4.38. The summed E-state index contributed by atoms with van der Waals surface area (Å²) in [6.45, 7) is 1.42. The molecule has 2 aliphatic rings. The number of para-hydroxylation sites is 1. The summed E-state index contributed by atoms with van der Waals surface area (Å²) in [5, 5.41) is 3.79. The third-order valence-electron chi connectivity index (χ3n) is 4.38. The number of hydrogen-bond acceptors (Lipinski definition) is 2. The third kappa shape index (κ3) is 1.70. The molecule has 5 rings (SSSR count). The molecule has 1 aromatic heterocycles. The average molecular weight is 300 g/mol. The van der Waals surface area contributed by atoms with Gasteiger partial charge in [-0.05, 0) is 24.6 Å². The number of hydrogen-bond donors (Lipinski definition) is 0. The number of benzene rings is 2. The van der Waals surface area contributed by atoms with Crippen LogP contribution in [-0.2, 0) is 13.0 Å². The Kier molecular flexibility index (Phi) is 2.73. The van der Waals surface area contributed by atoms with Crippen LogP contribution >= 0.6 is 0 Å². The maximum Gasteiger partial charge on any atom is 0.231 e. The summed E-state index contributed by atoms with van der Waals surface area (Å²) in [7, 11) is 0. The minimum Gasteiger partial charge on any atom is -1.00 e. The first kappa shape index (κ1) is 12.7. The van der Waals surface area contributed by atoms with Gasteiger partial charge in [0.05, 0.1) is 10.8 Å². The van der Waals surface area contributed by atoms with Gasteiger partial charge >= 0.3 is 0 Å². The Morgan fingerprint density at radius 3 is 2.76 bits per heavy atom. The molecule has 3 aromatic rings. The molecule has 2 aliphatic heterocycles. The van der Waals surface area contributed by atoms with Crippen molar-refractivity contribution in [1.82, 2.24) is 0 Å². The van der Waals surface area contributed by atoms with E-state index in [1.807, 2.05) is 0 Å². The molecule has 0 N–H and O–H groups in total. The predicted octanol–water partition coefficient (Wildman–Crippen LogP) is -0.0406. The molecular formula is C17H14ClNO2. The Bertz CT molecular complexity index is 876. The summed E-state index contributed by atoms with van der Waals surface area (Å²) in [5.41, 5.74) is 2.83. The number of halogens is 1. The quantitative estimate of drug-likeness (QED) is 0.429. The lowest BCUT2D eigenvalue weighted by atomic mass is 9.97. The van der Waals surface area contributed by atoms with Crippen LogP contribution in [0.3, 0.4) is 0 Å². The number of rotatable bonds is 0. The monoisotopic (exact) mass is 299 g/mol. The molecule has 3 nitrogen and oxygen atoms in total. The molecule has 0 radical (unpaired) electrons. The molecule has 106 valence electrons. The molecule has 2 aromatic carbocycles. The van der Waals surface area contributed by atoms with Crippen molar-refractivity contribution < 1.29 is 26.4 Å². The minimum absolute atomic E-state index is 0. The van der Waals surface area contributed by atoms with Crippen molar-refractivity contribution in [2.24, 2.45) is 0 Å². The van der Waals surface area contributed by atoms with E-state index in [1.165, 1.54) is 40.1 Å².